The largest absolute Gasteiger partial charge is 0.481 e. The van der Waals surface area contributed by atoms with Crippen LogP contribution in [0.4, 0.5) is 5.69 Å². The zero-order valence-corrected chi connectivity index (χ0v) is 13.4. The minimum atomic E-state index is -0.825. The minimum absolute atomic E-state index is 0.0354. The number of aliphatic carboxylic acids is 1. The summed E-state index contributed by atoms with van der Waals surface area (Å²) in [7, 11) is 0. The first-order chi connectivity index (χ1) is 11.6. The number of hydrogen-bond donors (Lipinski definition) is 2. The van der Waals surface area contributed by atoms with Crippen LogP contribution in [-0.4, -0.2) is 17.0 Å². The van der Waals surface area contributed by atoms with Crippen LogP contribution in [-0.2, 0) is 22.4 Å². The van der Waals surface area contributed by atoms with Crippen LogP contribution in [0.1, 0.15) is 24.0 Å². The maximum absolute atomic E-state index is 12.9. The number of carboxylic acids is 1. The number of rotatable bonds is 3. The highest BCUT2D eigenvalue weighted by Gasteiger charge is 2.62. The van der Waals surface area contributed by atoms with Crippen molar-refractivity contribution in [1.29, 1.82) is 0 Å². The van der Waals surface area contributed by atoms with E-state index in [-0.39, 0.29) is 17.7 Å². The fraction of sp³-hybridized carbons (Fsp3) is 0.500. The topological polar surface area (TPSA) is 66.4 Å². The SMILES string of the molecule is O=C(O)C1C2C=CC(C3CC23)C1C(=O)Nc1ccc2c(c1)CCC2. The van der Waals surface area contributed by atoms with Crippen molar-refractivity contribution in [2.75, 3.05) is 5.32 Å². The van der Waals surface area contributed by atoms with E-state index in [1.54, 1.807) is 0 Å². The highest BCUT2D eigenvalue weighted by molar-refractivity contribution is 5.96. The molecule has 4 heteroatoms. The fourth-order valence-corrected chi connectivity index (χ4v) is 5.45. The number of carboxylic acid groups (broad SMARTS) is 1. The van der Waals surface area contributed by atoms with Gasteiger partial charge in [-0.1, -0.05) is 18.2 Å². The molecule has 0 spiro atoms. The average Bonchev–Trinajstić information content (AvgIpc) is 3.28. The molecule has 1 aromatic carbocycles. The van der Waals surface area contributed by atoms with Crippen LogP contribution < -0.4 is 5.32 Å². The van der Waals surface area contributed by atoms with Crippen molar-refractivity contribution in [3.8, 4) is 0 Å². The van der Waals surface area contributed by atoms with Gasteiger partial charge in [0, 0.05) is 5.69 Å². The predicted molar refractivity (Wildman–Crippen MR) is 89.4 cm³/mol. The Morgan fingerprint density at radius 1 is 1.00 bits per heavy atom. The van der Waals surface area contributed by atoms with E-state index in [0.29, 0.717) is 11.8 Å². The van der Waals surface area contributed by atoms with E-state index in [9.17, 15) is 14.7 Å². The lowest BCUT2D eigenvalue weighted by Crippen LogP contribution is -2.48. The van der Waals surface area contributed by atoms with Crippen molar-refractivity contribution in [2.45, 2.75) is 25.7 Å². The van der Waals surface area contributed by atoms with Crippen LogP contribution in [0.2, 0.25) is 0 Å². The van der Waals surface area contributed by atoms with Gasteiger partial charge < -0.3 is 10.4 Å². The molecule has 4 nitrogen and oxygen atoms in total. The van der Waals surface area contributed by atoms with Gasteiger partial charge in [-0.3, -0.25) is 9.59 Å². The summed E-state index contributed by atoms with van der Waals surface area (Å²) >= 11 is 0. The molecule has 124 valence electrons. The van der Waals surface area contributed by atoms with Crippen LogP contribution in [0, 0.1) is 35.5 Å². The number of carbonyl (C=O) groups is 2. The summed E-state index contributed by atoms with van der Waals surface area (Å²) in [6.07, 6.45) is 8.59. The van der Waals surface area contributed by atoms with E-state index < -0.39 is 17.8 Å². The number of benzene rings is 1. The molecular formula is C20H21NO3. The Balaban J connectivity index is 1.42. The standard InChI is InChI=1S/C20H21NO3/c22-19(21-12-5-4-10-2-1-3-11(10)8-12)17-13-6-7-14(16-9-15(13)16)18(17)20(23)24/h4-8,13-18H,1-3,9H2,(H,21,22)(H,23,24). The summed E-state index contributed by atoms with van der Waals surface area (Å²) in [5.74, 6) is -0.813. The van der Waals surface area contributed by atoms with Gasteiger partial charge in [0.1, 0.15) is 0 Å². The zero-order chi connectivity index (χ0) is 16.4. The third kappa shape index (κ3) is 1.98. The van der Waals surface area contributed by atoms with Crippen molar-refractivity contribution in [3.05, 3.63) is 41.5 Å². The summed E-state index contributed by atoms with van der Waals surface area (Å²) in [5.41, 5.74) is 3.49. The summed E-state index contributed by atoms with van der Waals surface area (Å²) in [5, 5.41) is 12.7. The van der Waals surface area contributed by atoms with Crippen molar-refractivity contribution in [3.63, 3.8) is 0 Å². The summed E-state index contributed by atoms with van der Waals surface area (Å²) in [4.78, 5) is 24.7. The van der Waals surface area contributed by atoms with Crippen LogP contribution in [0.5, 0.6) is 0 Å². The Kier molecular flexibility index (Phi) is 2.94. The maximum Gasteiger partial charge on any atom is 0.307 e. The quantitative estimate of drug-likeness (QED) is 0.841. The molecule has 0 aromatic heterocycles. The number of fused-ring (bicyclic) bond motifs is 2. The molecule has 0 heterocycles. The normalized spacial score (nSPS) is 37.7. The van der Waals surface area contributed by atoms with Crippen LogP contribution in [0.3, 0.4) is 0 Å². The van der Waals surface area contributed by atoms with Crippen LogP contribution >= 0.6 is 0 Å². The van der Waals surface area contributed by atoms with E-state index in [0.717, 1.165) is 24.9 Å². The molecular weight excluding hydrogens is 302 g/mol. The van der Waals surface area contributed by atoms with E-state index in [1.807, 2.05) is 6.07 Å². The third-order valence-corrected chi connectivity index (χ3v) is 6.61. The highest BCUT2D eigenvalue weighted by Crippen LogP contribution is 2.63. The van der Waals surface area contributed by atoms with E-state index in [1.165, 1.54) is 17.5 Å². The maximum atomic E-state index is 12.9. The van der Waals surface area contributed by atoms with Crippen molar-refractivity contribution < 1.29 is 14.7 Å². The molecule has 2 N–H and O–H groups in total. The minimum Gasteiger partial charge on any atom is -0.481 e. The number of aryl methyl sites for hydroxylation is 2. The molecule has 5 aliphatic carbocycles. The van der Waals surface area contributed by atoms with Gasteiger partial charge in [0.05, 0.1) is 11.8 Å². The number of amides is 1. The number of hydrogen-bond acceptors (Lipinski definition) is 2. The summed E-state index contributed by atoms with van der Waals surface area (Å²) in [6.45, 7) is 0. The molecule has 2 bridgehead atoms. The molecule has 24 heavy (non-hydrogen) atoms. The molecule has 0 radical (unpaired) electrons. The second kappa shape index (κ2) is 4.95. The van der Waals surface area contributed by atoms with Crippen molar-refractivity contribution in [2.24, 2.45) is 35.5 Å². The molecule has 6 rings (SSSR count). The third-order valence-electron chi connectivity index (χ3n) is 6.61. The number of allylic oxidation sites excluding steroid dienone is 2. The molecule has 0 aliphatic heterocycles. The van der Waals surface area contributed by atoms with Crippen molar-refractivity contribution in [1.82, 2.24) is 0 Å². The van der Waals surface area contributed by atoms with Gasteiger partial charge in [-0.2, -0.15) is 0 Å². The van der Waals surface area contributed by atoms with Gasteiger partial charge in [-0.25, -0.2) is 0 Å². The number of carbonyl (C=O) groups excluding carboxylic acids is 1. The van der Waals surface area contributed by atoms with Gasteiger partial charge in [-0.05, 0) is 72.6 Å². The highest BCUT2D eigenvalue weighted by atomic mass is 16.4. The fourth-order valence-electron chi connectivity index (χ4n) is 5.45. The van der Waals surface area contributed by atoms with E-state index in [4.69, 9.17) is 0 Å². The molecule has 6 unspecified atom stereocenters. The van der Waals surface area contributed by atoms with Gasteiger partial charge >= 0.3 is 5.97 Å². The van der Waals surface area contributed by atoms with Gasteiger partial charge in [-0.15, -0.1) is 0 Å². The zero-order valence-electron chi connectivity index (χ0n) is 13.4. The molecule has 1 aromatic rings. The van der Waals surface area contributed by atoms with E-state index >= 15 is 0 Å². The lowest BCUT2D eigenvalue weighted by Gasteiger charge is -2.41. The monoisotopic (exact) mass is 323 g/mol. The molecule has 1 amide bonds. The lowest BCUT2D eigenvalue weighted by molar-refractivity contribution is -0.152. The summed E-state index contributed by atoms with van der Waals surface area (Å²) < 4.78 is 0. The second-order valence-electron chi connectivity index (χ2n) is 7.82. The van der Waals surface area contributed by atoms with Crippen molar-refractivity contribution >= 4 is 17.6 Å². The van der Waals surface area contributed by atoms with Gasteiger partial charge in [0.2, 0.25) is 5.91 Å². The van der Waals surface area contributed by atoms with Gasteiger partial charge in [0.25, 0.3) is 0 Å². The first-order valence-electron chi connectivity index (χ1n) is 8.97. The Labute approximate surface area is 140 Å². The first-order valence-corrected chi connectivity index (χ1v) is 8.97. The smallest absolute Gasteiger partial charge is 0.307 e. The Hall–Kier alpha value is -2.10. The Bertz CT molecular complexity index is 768. The second-order valence-corrected chi connectivity index (χ2v) is 7.82. The lowest BCUT2D eigenvalue weighted by atomic mass is 9.62. The molecule has 2 saturated carbocycles. The number of anilines is 1. The molecule has 6 atom stereocenters. The van der Waals surface area contributed by atoms with E-state index in [2.05, 4.69) is 29.6 Å². The Morgan fingerprint density at radius 2 is 1.71 bits per heavy atom. The van der Waals surface area contributed by atoms with Crippen LogP contribution in [0.25, 0.3) is 0 Å². The summed E-state index contributed by atoms with van der Waals surface area (Å²) in [6, 6.07) is 6.11. The molecule has 2 fully saturated rings. The van der Waals surface area contributed by atoms with Crippen LogP contribution in [0.15, 0.2) is 30.4 Å². The average molecular weight is 323 g/mol. The predicted octanol–water partition coefficient (Wildman–Crippen LogP) is 2.88. The van der Waals surface area contributed by atoms with Gasteiger partial charge in [0.15, 0.2) is 0 Å². The number of nitrogens with one attached hydrogen (secondary N) is 1. The molecule has 5 aliphatic rings. The first kappa shape index (κ1) is 14.3. The molecule has 0 saturated heterocycles. The Morgan fingerprint density at radius 3 is 2.46 bits per heavy atom.